The second-order valence-electron chi connectivity index (χ2n) is 6.10. The van der Waals surface area contributed by atoms with E-state index in [-0.39, 0.29) is 13.0 Å². The molecule has 1 saturated heterocycles. The minimum Gasteiger partial charge on any atom is -0.494 e. The summed E-state index contributed by atoms with van der Waals surface area (Å²) in [6.07, 6.45) is 6.20. The SMILES string of the molecule is CCCCCCCOc1ccc(C(=O)N[C@@]2(N)CCOC2=O)cc1. The number of ether oxygens (including phenoxy) is 2. The molecule has 1 atom stereocenters. The van der Waals surface area contributed by atoms with Crippen molar-refractivity contribution in [1.82, 2.24) is 5.32 Å². The molecule has 0 aliphatic carbocycles. The highest BCUT2D eigenvalue weighted by atomic mass is 16.5. The van der Waals surface area contributed by atoms with Gasteiger partial charge in [-0.15, -0.1) is 0 Å². The molecule has 0 spiro atoms. The van der Waals surface area contributed by atoms with E-state index in [1.165, 1.54) is 25.7 Å². The van der Waals surface area contributed by atoms with E-state index in [2.05, 4.69) is 12.2 Å². The quantitative estimate of drug-likeness (QED) is 0.411. The van der Waals surface area contributed by atoms with Gasteiger partial charge in [0.25, 0.3) is 5.91 Å². The zero-order valence-electron chi connectivity index (χ0n) is 14.2. The Morgan fingerprint density at radius 1 is 1.25 bits per heavy atom. The number of esters is 1. The van der Waals surface area contributed by atoms with Crippen LogP contribution in [0.2, 0.25) is 0 Å². The van der Waals surface area contributed by atoms with Crippen LogP contribution in [0.1, 0.15) is 55.8 Å². The van der Waals surface area contributed by atoms with Crippen LogP contribution in [0.4, 0.5) is 0 Å². The number of rotatable bonds is 9. The van der Waals surface area contributed by atoms with Crippen molar-refractivity contribution in [3.05, 3.63) is 29.8 Å². The smallest absolute Gasteiger partial charge is 0.347 e. The predicted molar refractivity (Wildman–Crippen MR) is 90.7 cm³/mol. The highest BCUT2D eigenvalue weighted by Gasteiger charge is 2.42. The van der Waals surface area contributed by atoms with Crippen molar-refractivity contribution in [2.45, 2.75) is 51.1 Å². The molecule has 1 aliphatic heterocycles. The summed E-state index contributed by atoms with van der Waals surface area (Å²) in [6, 6.07) is 6.81. The number of amides is 1. The summed E-state index contributed by atoms with van der Waals surface area (Å²) in [5, 5.41) is 2.54. The maximum Gasteiger partial charge on any atom is 0.347 e. The van der Waals surface area contributed by atoms with Crippen molar-refractivity contribution >= 4 is 11.9 Å². The van der Waals surface area contributed by atoms with E-state index >= 15 is 0 Å². The maximum atomic E-state index is 12.2. The van der Waals surface area contributed by atoms with Crippen LogP contribution in [0.5, 0.6) is 5.75 Å². The molecule has 2 rings (SSSR count). The second-order valence-corrected chi connectivity index (χ2v) is 6.10. The molecule has 0 aromatic heterocycles. The van der Waals surface area contributed by atoms with Gasteiger partial charge in [-0.3, -0.25) is 10.5 Å². The van der Waals surface area contributed by atoms with E-state index in [0.29, 0.717) is 12.2 Å². The van der Waals surface area contributed by atoms with E-state index < -0.39 is 17.5 Å². The highest BCUT2D eigenvalue weighted by Crippen LogP contribution is 2.17. The van der Waals surface area contributed by atoms with Crippen LogP contribution in [0.3, 0.4) is 0 Å². The molecular weight excluding hydrogens is 308 g/mol. The first-order valence-electron chi connectivity index (χ1n) is 8.56. The lowest BCUT2D eigenvalue weighted by atomic mass is 10.1. The lowest BCUT2D eigenvalue weighted by Gasteiger charge is -2.20. The van der Waals surface area contributed by atoms with Gasteiger partial charge in [-0.2, -0.15) is 0 Å². The Morgan fingerprint density at radius 2 is 1.96 bits per heavy atom. The van der Waals surface area contributed by atoms with Crippen LogP contribution in [0.15, 0.2) is 24.3 Å². The third-order valence-corrected chi connectivity index (χ3v) is 4.06. The zero-order valence-corrected chi connectivity index (χ0v) is 14.2. The van der Waals surface area contributed by atoms with Gasteiger partial charge in [0.1, 0.15) is 5.75 Å². The summed E-state index contributed by atoms with van der Waals surface area (Å²) in [7, 11) is 0. The fraction of sp³-hybridized carbons (Fsp3) is 0.556. The summed E-state index contributed by atoms with van der Waals surface area (Å²) in [5.41, 5.74) is 4.86. The number of carbonyl (C=O) groups is 2. The maximum absolute atomic E-state index is 12.2. The molecular formula is C18H26N2O4. The lowest BCUT2D eigenvalue weighted by molar-refractivity contribution is -0.143. The fourth-order valence-electron chi connectivity index (χ4n) is 2.52. The number of hydrogen-bond donors (Lipinski definition) is 2. The number of nitrogens with one attached hydrogen (secondary N) is 1. The molecule has 1 aliphatic rings. The Labute approximate surface area is 142 Å². The first kappa shape index (κ1) is 18.3. The number of benzene rings is 1. The van der Waals surface area contributed by atoms with Crippen LogP contribution >= 0.6 is 0 Å². The van der Waals surface area contributed by atoms with Gasteiger partial charge < -0.3 is 14.8 Å². The van der Waals surface area contributed by atoms with Gasteiger partial charge in [0.2, 0.25) is 0 Å². The first-order chi connectivity index (χ1) is 11.5. The van der Waals surface area contributed by atoms with Gasteiger partial charge in [0.15, 0.2) is 5.66 Å². The average Bonchev–Trinajstić information content (AvgIpc) is 2.90. The second kappa shape index (κ2) is 8.68. The monoisotopic (exact) mass is 334 g/mol. The number of carbonyl (C=O) groups excluding carboxylic acids is 2. The molecule has 0 saturated carbocycles. The van der Waals surface area contributed by atoms with Gasteiger partial charge in [0, 0.05) is 12.0 Å². The third kappa shape index (κ3) is 4.96. The summed E-state index contributed by atoms with van der Waals surface area (Å²) in [6.45, 7) is 3.09. The number of unbranched alkanes of at least 4 members (excludes halogenated alkanes) is 4. The summed E-state index contributed by atoms with van der Waals surface area (Å²) in [5.74, 6) is -0.272. The van der Waals surface area contributed by atoms with Crippen molar-refractivity contribution in [3.63, 3.8) is 0 Å². The minimum atomic E-state index is -1.43. The van der Waals surface area contributed by atoms with E-state index in [1.54, 1.807) is 24.3 Å². The van der Waals surface area contributed by atoms with Crippen molar-refractivity contribution in [3.8, 4) is 5.75 Å². The molecule has 6 nitrogen and oxygen atoms in total. The van der Waals surface area contributed by atoms with Gasteiger partial charge in [-0.1, -0.05) is 32.6 Å². The predicted octanol–water partition coefficient (Wildman–Crippen LogP) is 2.37. The molecule has 0 unspecified atom stereocenters. The average molecular weight is 334 g/mol. The van der Waals surface area contributed by atoms with Crippen molar-refractivity contribution in [2.24, 2.45) is 5.73 Å². The van der Waals surface area contributed by atoms with Gasteiger partial charge in [-0.05, 0) is 30.7 Å². The molecule has 132 valence electrons. The Kier molecular flexibility index (Phi) is 6.61. The Morgan fingerprint density at radius 3 is 2.58 bits per heavy atom. The molecule has 6 heteroatoms. The summed E-state index contributed by atoms with van der Waals surface area (Å²) in [4.78, 5) is 23.7. The number of cyclic esters (lactones) is 1. The highest BCUT2D eigenvalue weighted by molar-refractivity contribution is 5.98. The van der Waals surface area contributed by atoms with Crippen LogP contribution in [0, 0.1) is 0 Å². The Bertz CT molecular complexity index is 559. The lowest BCUT2D eigenvalue weighted by Crippen LogP contribution is -2.59. The van der Waals surface area contributed by atoms with E-state index in [0.717, 1.165) is 12.2 Å². The largest absolute Gasteiger partial charge is 0.494 e. The molecule has 1 heterocycles. The third-order valence-electron chi connectivity index (χ3n) is 4.06. The van der Waals surface area contributed by atoms with E-state index in [1.807, 2.05) is 0 Å². The normalized spacial score (nSPS) is 19.8. The van der Waals surface area contributed by atoms with E-state index in [9.17, 15) is 9.59 Å². The first-order valence-corrected chi connectivity index (χ1v) is 8.56. The summed E-state index contributed by atoms with van der Waals surface area (Å²) < 4.78 is 10.5. The minimum absolute atomic E-state index is 0.223. The fourth-order valence-corrected chi connectivity index (χ4v) is 2.52. The molecule has 1 fully saturated rings. The van der Waals surface area contributed by atoms with Crippen LogP contribution in [0.25, 0.3) is 0 Å². The Balaban J connectivity index is 1.79. The van der Waals surface area contributed by atoms with Crippen LogP contribution < -0.4 is 15.8 Å². The topological polar surface area (TPSA) is 90.7 Å². The zero-order chi connectivity index (χ0) is 17.4. The van der Waals surface area contributed by atoms with Crippen molar-refractivity contribution in [1.29, 1.82) is 0 Å². The van der Waals surface area contributed by atoms with Crippen LogP contribution in [-0.2, 0) is 9.53 Å². The number of hydrogen-bond acceptors (Lipinski definition) is 5. The van der Waals surface area contributed by atoms with Gasteiger partial charge >= 0.3 is 5.97 Å². The number of nitrogens with two attached hydrogens (primary N) is 1. The standard InChI is InChI=1S/C18H26N2O4/c1-2-3-4-5-6-12-23-15-9-7-14(8-10-15)16(21)20-18(19)11-13-24-17(18)22/h7-10H,2-6,11-13,19H2,1H3,(H,20,21)/t18-/m0/s1. The molecule has 1 aromatic carbocycles. The Hall–Kier alpha value is -2.08. The van der Waals surface area contributed by atoms with Crippen LogP contribution in [-0.4, -0.2) is 30.8 Å². The molecule has 1 amide bonds. The van der Waals surface area contributed by atoms with Gasteiger partial charge in [0.05, 0.1) is 13.2 Å². The molecule has 0 radical (unpaired) electrons. The molecule has 3 N–H and O–H groups in total. The van der Waals surface area contributed by atoms with Gasteiger partial charge in [-0.25, -0.2) is 4.79 Å². The van der Waals surface area contributed by atoms with Crippen molar-refractivity contribution in [2.75, 3.05) is 13.2 Å². The molecule has 1 aromatic rings. The van der Waals surface area contributed by atoms with E-state index in [4.69, 9.17) is 15.2 Å². The van der Waals surface area contributed by atoms with Crippen molar-refractivity contribution < 1.29 is 19.1 Å². The summed E-state index contributed by atoms with van der Waals surface area (Å²) >= 11 is 0. The molecule has 24 heavy (non-hydrogen) atoms. The molecule has 0 bridgehead atoms.